The van der Waals surface area contributed by atoms with Gasteiger partial charge in [0.25, 0.3) is 0 Å². The molecule has 25 heavy (non-hydrogen) atoms. The van der Waals surface area contributed by atoms with Gasteiger partial charge in [0, 0.05) is 44.3 Å². The molecule has 1 heterocycles. The fourth-order valence-corrected chi connectivity index (χ4v) is 3.59. The van der Waals surface area contributed by atoms with E-state index >= 15 is 0 Å². The highest BCUT2D eigenvalue weighted by atomic mass is 15.2. The second-order valence-corrected chi connectivity index (χ2v) is 6.76. The fourth-order valence-electron chi connectivity index (χ4n) is 3.59. The number of likely N-dealkylation sites (N-methyl/N-ethyl adjacent to an activating group) is 1. The molecule has 5 nitrogen and oxygen atoms in total. The van der Waals surface area contributed by atoms with Crippen LogP contribution in [0.4, 0.5) is 0 Å². The van der Waals surface area contributed by atoms with Crippen LogP contribution in [0.25, 0.3) is 10.9 Å². The first-order chi connectivity index (χ1) is 12.3. The molecule has 1 aliphatic rings. The summed E-state index contributed by atoms with van der Waals surface area (Å²) in [7, 11) is 4.05. The summed E-state index contributed by atoms with van der Waals surface area (Å²) in [5.74, 6) is 0.848. The molecule has 0 saturated heterocycles. The Morgan fingerprint density at radius 1 is 1.20 bits per heavy atom. The van der Waals surface area contributed by atoms with E-state index in [9.17, 15) is 0 Å². The standard InChI is InChI=1S/C20H29N5/c1-21-20(23-13-14-25(2)17-7-3-4-8-17)24-15-16-11-12-22-19-10-6-5-9-18(16)19/h5-6,9-12,17H,3-4,7-8,13-15H2,1-2H3,(H2,21,23,24). The van der Waals surface area contributed by atoms with E-state index in [-0.39, 0.29) is 0 Å². The summed E-state index contributed by atoms with van der Waals surface area (Å²) >= 11 is 0. The Bertz CT molecular complexity index is 701. The number of nitrogens with zero attached hydrogens (tertiary/aromatic N) is 3. The third kappa shape index (κ3) is 4.69. The highest BCUT2D eigenvalue weighted by Gasteiger charge is 2.18. The topological polar surface area (TPSA) is 52.6 Å². The minimum absolute atomic E-state index is 0.737. The molecule has 0 bridgehead atoms. The first kappa shape index (κ1) is 17.7. The summed E-state index contributed by atoms with van der Waals surface area (Å²) in [5.41, 5.74) is 2.26. The lowest BCUT2D eigenvalue weighted by Crippen LogP contribution is -2.42. The third-order valence-corrected chi connectivity index (χ3v) is 5.11. The number of fused-ring (bicyclic) bond motifs is 1. The number of pyridine rings is 1. The Morgan fingerprint density at radius 2 is 2.00 bits per heavy atom. The van der Waals surface area contributed by atoms with E-state index in [1.54, 1.807) is 0 Å². The lowest BCUT2D eigenvalue weighted by molar-refractivity contribution is 0.249. The number of hydrogen-bond donors (Lipinski definition) is 2. The van der Waals surface area contributed by atoms with Crippen LogP contribution in [-0.4, -0.2) is 49.1 Å². The maximum Gasteiger partial charge on any atom is 0.191 e. The van der Waals surface area contributed by atoms with E-state index < -0.39 is 0 Å². The molecule has 134 valence electrons. The largest absolute Gasteiger partial charge is 0.355 e. The summed E-state index contributed by atoms with van der Waals surface area (Å²) in [6, 6.07) is 11.1. The zero-order valence-corrected chi connectivity index (χ0v) is 15.3. The molecule has 0 radical (unpaired) electrons. The number of rotatable bonds is 6. The van der Waals surface area contributed by atoms with E-state index in [4.69, 9.17) is 0 Å². The van der Waals surface area contributed by atoms with Gasteiger partial charge in [0.05, 0.1) is 5.52 Å². The monoisotopic (exact) mass is 339 g/mol. The molecule has 5 heteroatoms. The molecule has 1 saturated carbocycles. The van der Waals surface area contributed by atoms with Crippen LogP contribution in [0.15, 0.2) is 41.5 Å². The van der Waals surface area contributed by atoms with Crippen LogP contribution in [0.5, 0.6) is 0 Å². The van der Waals surface area contributed by atoms with Gasteiger partial charge in [-0.3, -0.25) is 9.98 Å². The highest BCUT2D eigenvalue weighted by molar-refractivity contribution is 5.83. The number of aliphatic imine (C=N–C) groups is 1. The average molecular weight is 339 g/mol. The second kappa shape index (κ2) is 8.81. The van der Waals surface area contributed by atoms with Gasteiger partial charge in [-0.1, -0.05) is 31.0 Å². The minimum Gasteiger partial charge on any atom is -0.355 e. The predicted octanol–water partition coefficient (Wildman–Crippen LogP) is 2.77. The smallest absolute Gasteiger partial charge is 0.191 e. The summed E-state index contributed by atoms with van der Waals surface area (Å²) in [6.07, 6.45) is 7.32. The van der Waals surface area contributed by atoms with E-state index in [2.05, 4.69) is 50.8 Å². The van der Waals surface area contributed by atoms with Crippen molar-refractivity contribution in [3.05, 3.63) is 42.1 Å². The molecule has 0 aliphatic heterocycles. The van der Waals surface area contributed by atoms with Gasteiger partial charge in [0.1, 0.15) is 0 Å². The van der Waals surface area contributed by atoms with Gasteiger partial charge in [-0.15, -0.1) is 0 Å². The summed E-state index contributed by atoms with van der Waals surface area (Å²) in [6.45, 7) is 2.69. The average Bonchev–Trinajstić information content (AvgIpc) is 3.19. The van der Waals surface area contributed by atoms with Crippen molar-refractivity contribution in [1.82, 2.24) is 20.5 Å². The molecular formula is C20H29N5. The van der Waals surface area contributed by atoms with Crippen LogP contribution in [0, 0.1) is 0 Å². The van der Waals surface area contributed by atoms with Gasteiger partial charge in [-0.05, 0) is 37.6 Å². The van der Waals surface area contributed by atoms with Crippen molar-refractivity contribution in [2.45, 2.75) is 38.3 Å². The van der Waals surface area contributed by atoms with Crippen molar-refractivity contribution in [3.63, 3.8) is 0 Å². The summed E-state index contributed by atoms with van der Waals surface area (Å²) in [4.78, 5) is 11.2. The van der Waals surface area contributed by atoms with E-state index in [0.29, 0.717) is 0 Å². The quantitative estimate of drug-likeness (QED) is 0.628. The van der Waals surface area contributed by atoms with Gasteiger partial charge >= 0.3 is 0 Å². The van der Waals surface area contributed by atoms with Crippen molar-refractivity contribution < 1.29 is 0 Å². The lowest BCUT2D eigenvalue weighted by atomic mass is 10.1. The van der Waals surface area contributed by atoms with Gasteiger partial charge in [-0.2, -0.15) is 0 Å². The lowest BCUT2D eigenvalue weighted by Gasteiger charge is -2.24. The Kier molecular flexibility index (Phi) is 6.23. The molecule has 2 aromatic rings. The van der Waals surface area contributed by atoms with Crippen molar-refractivity contribution in [3.8, 4) is 0 Å². The zero-order chi connectivity index (χ0) is 17.5. The van der Waals surface area contributed by atoms with Crippen LogP contribution in [0.3, 0.4) is 0 Å². The maximum absolute atomic E-state index is 4.42. The number of aromatic nitrogens is 1. The highest BCUT2D eigenvalue weighted by Crippen LogP contribution is 2.21. The van der Waals surface area contributed by atoms with Gasteiger partial charge in [0.2, 0.25) is 0 Å². The van der Waals surface area contributed by atoms with E-state index in [0.717, 1.165) is 37.2 Å². The van der Waals surface area contributed by atoms with Crippen molar-refractivity contribution in [2.24, 2.45) is 4.99 Å². The molecule has 1 aromatic heterocycles. The van der Waals surface area contributed by atoms with E-state index in [1.165, 1.54) is 36.6 Å². The molecule has 1 aliphatic carbocycles. The Morgan fingerprint density at radius 3 is 2.80 bits per heavy atom. The van der Waals surface area contributed by atoms with Crippen molar-refractivity contribution in [2.75, 3.05) is 27.2 Å². The molecule has 1 aromatic carbocycles. The van der Waals surface area contributed by atoms with E-state index in [1.807, 2.05) is 25.4 Å². The molecule has 0 atom stereocenters. The number of guanidine groups is 1. The van der Waals surface area contributed by atoms with Crippen LogP contribution < -0.4 is 10.6 Å². The Balaban J connectivity index is 1.49. The molecule has 2 N–H and O–H groups in total. The SMILES string of the molecule is CN=C(NCCN(C)C1CCCC1)NCc1ccnc2ccccc12. The molecule has 3 rings (SSSR count). The van der Waals surface area contributed by atoms with Gasteiger partial charge in [0.15, 0.2) is 5.96 Å². The maximum atomic E-state index is 4.42. The predicted molar refractivity (Wildman–Crippen MR) is 105 cm³/mol. The molecule has 0 amide bonds. The van der Waals surface area contributed by atoms with Crippen LogP contribution in [-0.2, 0) is 6.54 Å². The number of para-hydroxylation sites is 1. The fraction of sp³-hybridized carbons (Fsp3) is 0.500. The Hall–Kier alpha value is -2.14. The van der Waals surface area contributed by atoms with Gasteiger partial charge < -0.3 is 15.5 Å². The summed E-state index contributed by atoms with van der Waals surface area (Å²) in [5, 5.41) is 8.03. The number of nitrogens with one attached hydrogen (secondary N) is 2. The molecule has 0 spiro atoms. The second-order valence-electron chi connectivity index (χ2n) is 6.76. The Labute approximate surface area is 150 Å². The zero-order valence-electron chi connectivity index (χ0n) is 15.3. The number of benzene rings is 1. The molecule has 1 fully saturated rings. The molecular weight excluding hydrogens is 310 g/mol. The number of hydrogen-bond acceptors (Lipinski definition) is 3. The minimum atomic E-state index is 0.737. The van der Waals surface area contributed by atoms with Crippen molar-refractivity contribution in [1.29, 1.82) is 0 Å². The first-order valence-corrected chi connectivity index (χ1v) is 9.25. The normalized spacial score (nSPS) is 15.9. The molecule has 0 unspecified atom stereocenters. The van der Waals surface area contributed by atoms with Crippen LogP contribution >= 0.6 is 0 Å². The summed E-state index contributed by atoms with van der Waals surface area (Å²) < 4.78 is 0. The third-order valence-electron chi connectivity index (χ3n) is 5.11. The van der Waals surface area contributed by atoms with Crippen LogP contribution in [0.2, 0.25) is 0 Å². The van der Waals surface area contributed by atoms with Crippen LogP contribution in [0.1, 0.15) is 31.2 Å². The first-order valence-electron chi connectivity index (χ1n) is 9.25. The van der Waals surface area contributed by atoms with Crippen molar-refractivity contribution >= 4 is 16.9 Å². The van der Waals surface area contributed by atoms with Gasteiger partial charge in [-0.25, -0.2) is 0 Å².